The molecule has 1 amide bonds. The van der Waals surface area contributed by atoms with E-state index in [1.165, 1.54) is 18.4 Å². The molecule has 1 aromatic rings. The predicted molar refractivity (Wildman–Crippen MR) is 84.6 cm³/mol. The molecule has 1 saturated heterocycles. The lowest BCUT2D eigenvalue weighted by Gasteiger charge is -2.23. The average molecular weight is 290 g/mol. The fourth-order valence-electron chi connectivity index (χ4n) is 2.51. The summed E-state index contributed by atoms with van der Waals surface area (Å²) in [5.74, 6) is 1.80. The molecule has 0 unspecified atom stereocenters. The van der Waals surface area contributed by atoms with Gasteiger partial charge in [0, 0.05) is 6.54 Å². The Balaban J connectivity index is 1.78. The quantitative estimate of drug-likeness (QED) is 0.845. The second-order valence-electron chi connectivity index (χ2n) is 6.08. The molecule has 2 N–H and O–H groups in total. The molecule has 1 aliphatic rings. The smallest absolute Gasteiger partial charge is 0.257 e. The van der Waals surface area contributed by atoms with Gasteiger partial charge < -0.3 is 15.4 Å². The van der Waals surface area contributed by atoms with E-state index in [1.54, 1.807) is 0 Å². The van der Waals surface area contributed by atoms with E-state index in [4.69, 9.17) is 4.74 Å². The van der Waals surface area contributed by atoms with E-state index in [1.807, 2.05) is 12.1 Å². The van der Waals surface area contributed by atoms with Gasteiger partial charge in [-0.2, -0.15) is 0 Å². The van der Waals surface area contributed by atoms with Crippen molar-refractivity contribution < 1.29 is 9.53 Å². The summed E-state index contributed by atoms with van der Waals surface area (Å²) in [5, 5.41) is 6.22. The maximum Gasteiger partial charge on any atom is 0.257 e. The second-order valence-corrected chi connectivity index (χ2v) is 6.08. The Morgan fingerprint density at radius 1 is 1.29 bits per heavy atom. The van der Waals surface area contributed by atoms with Crippen LogP contribution in [0.2, 0.25) is 0 Å². The highest BCUT2D eigenvalue weighted by molar-refractivity contribution is 5.77. The molecule has 0 bridgehead atoms. The molecule has 4 heteroatoms. The maximum atomic E-state index is 11.6. The minimum Gasteiger partial charge on any atom is -0.484 e. The summed E-state index contributed by atoms with van der Waals surface area (Å²) in [6.45, 7) is 7.11. The van der Waals surface area contributed by atoms with Gasteiger partial charge in [0.1, 0.15) is 5.75 Å². The lowest BCUT2D eigenvalue weighted by atomic mass is 9.90. The van der Waals surface area contributed by atoms with Gasteiger partial charge in [0.05, 0.1) is 0 Å². The van der Waals surface area contributed by atoms with Gasteiger partial charge in [-0.25, -0.2) is 0 Å². The zero-order valence-electron chi connectivity index (χ0n) is 13.0. The molecule has 0 radical (unpaired) electrons. The summed E-state index contributed by atoms with van der Waals surface area (Å²) in [7, 11) is 0. The van der Waals surface area contributed by atoms with Crippen molar-refractivity contribution in [3.8, 4) is 5.75 Å². The van der Waals surface area contributed by atoms with E-state index in [-0.39, 0.29) is 12.5 Å². The zero-order chi connectivity index (χ0) is 15.1. The molecule has 0 spiro atoms. The van der Waals surface area contributed by atoms with E-state index in [2.05, 4.69) is 36.6 Å². The van der Waals surface area contributed by atoms with Crippen LogP contribution in [0.15, 0.2) is 24.3 Å². The lowest BCUT2D eigenvalue weighted by Crippen LogP contribution is -2.31. The van der Waals surface area contributed by atoms with Gasteiger partial charge in [0.25, 0.3) is 5.91 Å². The summed E-state index contributed by atoms with van der Waals surface area (Å²) in [5.41, 5.74) is 1.37. The molecule has 0 aromatic heterocycles. The number of piperidine rings is 1. The lowest BCUT2D eigenvalue weighted by molar-refractivity contribution is -0.123. The topological polar surface area (TPSA) is 50.4 Å². The second kappa shape index (κ2) is 8.03. The van der Waals surface area contributed by atoms with Gasteiger partial charge in [-0.3, -0.25) is 4.79 Å². The van der Waals surface area contributed by atoms with Crippen molar-refractivity contribution in [3.63, 3.8) is 0 Å². The number of carbonyl (C=O) groups is 1. The number of hydrogen-bond donors (Lipinski definition) is 2. The summed E-state index contributed by atoms with van der Waals surface area (Å²) in [6, 6.07) is 8.18. The van der Waals surface area contributed by atoms with Crippen LogP contribution in [0.1, 0.15) is 38.2 Å². The van der Waals surface area contributed by atoms with Crippen LogP contribution in [0.4, 0.5) is 0 Å². The van der Waals surface area contributed by atoms with E-state index < -0.39 is 0 Å². The minimum absolute atomic E-state index is 0.0638. The number of carbonyl (C=O) groups excluding carboxylic acids is 1. The van der Waals surface area contributed by atoms with Crippen molar-refractivity contribution in [2.75, 3.05) is 26.2 Å². The number of amides is 1. The molecule has 1 fully saturated rings. The van der Waals surface area contributed by atoms with E-state index >= 15 is 0 Å². The SMILES string of the molecule is CC(C)CNC(=O)COc1ccc(C2CCNCC2)cc1. The summed E-state index contributed by atoms with van der Waals surface area (Å²) in [6.07, 6.45) is 2.38. The number of hydrogen-bond acceptors (Lipinski definition) is 3. The van der Waals surface area contributed by atoms with Gasteiger partial charge in [-0.05, 0) is 55.5 Å². The zero-order valence-corrected chi connectivity index (χ0v) is 13.0. The number of benzene rings is 1. The first kappa shape index (κ1) is 15.8. The fourth-order valence-corrected chi connectivity index (χ4v) is 2.51. The largest absolute Gasteiger partial charge is 0.484 e. The van der Waals surface area contributed by atoms with Crippen LogP contribution in [0.3, 0.4) is 0 Å². The Kier molecular flexibility index (Phi) is 6.05. The van der Waals surface area contributed by atoms with Crippen molar-refractivity contribution in [3.05, 3.63) is 29.8 Å². The highest BCUT2D eigenvalue weighted by Crippen LogP contribution is 2.26. The molecular formula is C17H26N2O2. The Morgan fingerprint density at radius 3 is 2.57 bits per heavy atom. The van der Waals surface area contributed by atoms with Gasteiger partial charge in [0.15, 0.2) is 6.61 Å². The van der Waals surface area contributed by atoms with Crippen LogP contribution in [-0.2, 0) is 4.79 Å². The average Bonchev–Trinajstić information content (AvgIpc) is 2.52. The third kappa shape index (κ3) is 5.38. The number of nitrogens with one attached hydrogen (secondary N) is 2. The molecule has 1 aliphatic heterocycles. The predicted octanol–water partition coefficient (Wildman–Crippen LogP) is 2.30. The Bertz CT molecular complexity index is 437. The summed E-state index contributed by atoms with van der Waals surface area (Å²) < 4.78 is 5.52. The Hall–Kier alpha value is -1.55. The number of rotatable bonds is 6. The van der Waals surface area contributed by atoms with Gasteiger partial charge in [0.2, 0.25) is 0 Å². The van der Waals surface area contributed by atoms with Gasteiger partial charge in [-0.1, -0.05) is 26.0 Å². The first-order valence-electron chi connectivity index (χ1n) is 7.85. The third-order valence-electron chi connectivity index (χ3n) is 3.77. The standard InChI is InChI=1S/C17H26N2O2/c1-13(2)11-19-17(20)12-21-16-5-3-14(4-6-16)15-7-9-18-10-8-15/h3-6,13,15,18H,7-12H2,1-2H3,(H,19,20). The van der Waals surface area contributed by atoms with Crippen LogP contribution in [0.5, 0.6) is 5.75 Å². The molecule has 0 saturated carbocycles. The van der Waals surface area contributed by atoms with Gasteiger partial charge in [-0.15, -0.1) is 0 Å². The Labute approximate surface area is 127 Å². The van der Waals surface area contributed by atoms with Crippen LogP contribution in [-0.4, -0.2) is 32.1 Å². The van der Waals surface area contributed by atoms with E-state index in [9.17, 15) is 4.79 Å². The molecule has 1 heterocycles. The molecule has 4 nitrogen and oxygen atoms in total. The Morgan fingerprint density at radius 2 is 1.95 bits per heavy atom. The van der Waals surface area contributed by atoms with E-state index in [0.29, 0.717) is 18.4 Å². The highest BCUT2D eigenvalue weighted by atomic mass is 16.5. The van der Waals surface area contributed by atoms with Crippen LogP contribution < -0.4 is 15.4 Å². The van der Waals surface area contributed by atoms with Crippen LogP contribution in [0, 0.1) is 5.92 Å². The molecule has 21 heavy (non-hydrogen) atoms. The van der Waals surface area contributed by atoms with Crippen LogP contribution in [0.25, 0.3) is 0 Å². The fraction of sp³-hybridized carbons (Fsp3) is 0.588. The van der Waals surface area contributed by atoms with Gasteiger partial charge >= 0.3 is 0 Å². The van der Waals surface area contributed by atoms with Crippen molar-refractivity contribution in [1.82, 2.24) is 10.6 Å². The van der Waals surface area contributed by atoms with E-state index in [0.717, 1.165) is 18.8 Å². The first-order valence-corrected chi connectivity index (χ1v) is 7.85. The molecule has 0 aliphatic carbocycles. The van der Waals surface area contributed by atoms with Crippen molar-refractivity contribution in [2.45, 2.75) is 32.6 Å². The summed E-state index contributed by atoms with van der Waals surface area (Å²) >= 11 is 0. The molecule has 2 rings (SSSR count). The molecule has 0 atom stereocenters. The third-order valence-corrected chi connectivity index (χ3v) is 3.77. The molecule has 116 valence electrons. The highest BCUT2D eigenvalue weighted by Gasteiger charge is 2.14. The monoisotopic (exact) mass is 290 g/mol. The van der Waals surface area contributed by atoms with Crippen molar-refractivity contribution in [2.24, 2.45) is 5.92 Å². The first-order chi connectivity index (χ1) is 10.1. The molecule has 1 aromatic carbocycles. The number of ether oxygens (including phenoxy) is 1. The molecular weight excluding hydrogens is 264 g/mol. The normalized spacial score (nSPS) is 16.0. The summed E-state index contributed by atoms with van der Waals surface area (Å²) in [4.78, 5) is 11.6. The van der Waals surface area contributed by atoms with Crippen LogP contribution >= 0.6 is 0 Å². The maximum absolute atomic E-state index is 11.6. The van der Waals surface area contributed by atoms with Crippen molar-refractivity contribution >= 4 is 5.91 Å². The van der Waals surface area contributed by atoms with Crippen molar-refractivity contribution in [1.29, 1.82) is 0 Å². The minimum atomic E-state index is -0.0638.